The molecule has 2 amide bonds. The van der Waals surface area contributed by atoms with E-state index in [1.165, 1.54) is 0 Å². The lowest BCUT2D eigenvalue weighted by Gasteiger charge is -2.16. The van der Waals surface area contributed by atoms with E-state index < -0.39 is 0 Å². The van der Waals surface area contributed by atoms with Crippen LogP contribution in [-0.4, -0.2) is 76.4 Å². The Hall–Kier alpha value is -1.18. The van der Waals surface area contributed by atoms with Crippen LogP contribution in [0.5, 0.6) is 0 Å². The van der Waals surface area contributed by atoms with Gasteiger partial charge in [0, 0.05) is 63.4 Å². The summed E-state index contributed by atoms with van der Waals surface area (Å²) in [5, 5.41) is 5.99. The Morgan fingerprint density at radius 3 is 1.47 bits per heavy atom. The van der Waals surface area contributed by atoms with Crippen LogP contribution in [-0.2, 0) is 19.1 Å². The van der Waals surface area contributed by atoms with Crippen LogP contribution in [0.4, 0.5) is 0 Å². The van der Waals surface area contributed by atoms with Crippen LogP contribution in [0.3, 0.4) is 0 Å². The van der Waals surface area contributed by atoms with Crippen LogP contribution in [0.25, 0.3) is 0 Å². The minimum absolute atomic E-state index is 0.0811. The van der Waals surface area contributed by atoms with E-state index in [1.54, 1.807) is 0 Å². The highest BCUT2D eigenvalue weighted by atomic mass is 16.5. The first-order valence-electron chi connectivity index (χ1n) is 11.8. The Labute approximate surface area is 182 Å². The Balaban J connectivity index is 1.27. The molecule has 0 heterocycles. The summed E-state index contributed by atoms with van der Waals surface area (Å²) in [7, 11) is 2.13. The molecule has 2 aliphatic rings. The number of carbonyl (C=O) groups is 2. The van der Waals surface area contributed by atoms with Gasteiger partial charge < -0.3 is 25.0 Å². The maximum absolute atomic E-state index is 11.8. The fraction of sp³-hybridized carbons (Fsp3) is 0.913. The van der Waals surface area contributed by atoms with Crippen molar-refractivity contribution in [3.8, 4) is 0 Å². The first-order chi connectivity index (χ1) is 14.4. The van der Waals surface area contributed by atoms with Gasteiger partial charge in [0.05, 0.1) is 0 Å². The lowest BCUT2D eigenvalue weighted by molar-refractivity contribution is -0.126. The van der Waals surface area contributed by atoms with E-state index in [1.807, 2.05) is 13.8 Å². The van der Waals surface area contributed by atoms with E-state index >= 15 is 0 Å². The van der Waals surface area contributed by atoms with Crippen LogP contribution in [0.15, 0.2) is 0 Å². The van der Waals surface area contributed by atoms with E-state index in [2.05, 4.69) is 22.6 Å². The minimum atomic E-state index is -0.0811. The molecule has 0 spiro atoms. The molecular formula is C23H43N3O4. The molecule has 7 heteroatoms. The van der Waals surface area contributed by atoms with E-state index in [4.69, 9.17) is 9.47 Å². The fourth-order valence-corrected chi connectivity index (χ4v) is 3.20. The van der Waals surface area contributed by atoms with Crippen LogP contribution in [0.2, 0.25) is 0 Å². The summed E-state index contributed by atoms with van der Waals surface area (Å²) in [4.78, 5) is 25.9. The molecule has 0 atom stereocenters. The average Bonchev–Trinajstić information content (AvgIpc) is 3.64. The number of nitrogens with one attached hydrogen (secondary N) is 2. The van der Waals surface area contributed by atoms with Gasteiger partial charge in [-0.15, -0.1) is 0 Å². The second-order valence-corrected chi connectivity index (χ2v) is 9.58. The van der Waals surface area contributed by atoms with Crippen molar-refractivity contribution < 1.29 is 19.1 Å². The molecule has 30 heavy (non-hydrogen) atoms. The normalized spacial score (nSPS) is 18.3. The summed E-state index contributed by atoms with van der Waals surface area (Å²) < 4.78 is 11.3. The molecule has 2 saturated carbocycles. The van der Waals surface area contributed by atoms with Gasteiger partial charge in [-0.25, -0.2) is 0 Å². The molecular weight excluding hydrogens is 382 g/mol. The SMILES string of the molecule is CN(CCCOCCCNC(=O)C1(C)CC1)CCCOCCCNC(=O)C1(C)CC1. The summed E-state index contributed by atoms with van der Waals surface area (Å²) in [6.07, 6.45) is 7.86. The average molecular weight is 426 g/mol. The molecule has 0 aliphatic heterocycles. The molecule has 7 nitrogen and oxygen atoms in total. The van der Waals surface area contributed by atoms with Crippen molar-refractivity contribution in [3.05, 3.63) is 0 Å². The van der Waals surface area contributed by atoms with Gasteiger partial charge in [-0.2, -0.15) is 0 Å². The third-order valence-electron chi connectivity index (χ3n) is 6.26. The Morgan fingerprint density at radius 1 is 0.733 bits per heavy atom. The van der Waals surface area contributed by atoms with Gasteiger partial charge in [-0.05, 0) is 58.4 Å². The second-order valence-electron chi connectivity index (χ2n) is 9.58. The molecule has 174 valence electrons. The number of rotatable bonds is 18. The first kappa shape index (κ1) is 25.1. The predicted molar refractivity (Wildman–Crippen MR) is 118 cm³/mol. The monoisotopic (exact) mass is 425 g/mol. The maximum Gasteiger partial charge on any atom is 0.225 e. The topological polar surface area (TPSA) is 79.9 Å². The van der Waals surface area contributed by atoms with Gasteiger partial charge in [0.25, 0.3) is 0 Å². The minimum Gasteiger partial charge on any atom is -0.381 e. The standard InChI is InChI=1S/C23H43N3O4/c1-22(8-9-22)20(27)24-12-4-16-29-18-6-14-26(3)15-7-19-30-17-5-13-25-21(28)23(2)10-11-23/h4-19H2,1-3H3,(H,24,27)(H,25,28). The van der Waals surface area contributed by atoms with Crippen molar-refractivity contribution >= 4 is 11.8 Å². The highest BCUT2D eigenvalue weighted by Crippen LogP contribution is 2.45. The Bertz CT molecular complexity index is 487. The summed E-state index contributed by atoms with van der Waals surface area (Å²) >= 11 is 0. The maximum atomic E-state index is 11.8. The highest BCUT2D eigenvalue weighted by molar-refractivity contribution is 5.85. The summed E-state index contributed by atoms with van der Waals surface area (Å²) in [6, 6.07) is 0. The van der Waals surface area contributed by atoms with E-state index in [0.717, 1.165) is 77.7 Å². The number of hydrogen-bond donors (Lipinski definition) is 2. The highest BCUT2D eigenvalue weighted by Gasteiger charge is 2.45. The van der Waals surface area contributed by atoms with Crippen LogP contribution in [0, 0.1) is 10.8 Å². The van der Waals surface area contributed by atoms with Crippen LogP contribution in [0.1, 0.15) is 65.2 Å². The van der Waals surface area contributed by atoms with Gasteiger partial charge >= 0.3 is 0 Å². The van der Waals surface area contributed by atoms with Gasteiger partial charge in [-0.3, -0.25) is 9.59 Å². The van der Waals surface area contributed by atoms with Gasteiger partial charge in [0.2, 0.25) is 11.8 Å². The second kappa shape index (κ2) is 12.6. The van der Waals surface area contributed by atoms with E-state index in [0.29, 0.717) is 26.3 Å². The van der Waals surface area contributed by atoms with Crippen molar-refractivity contribution in [2.45, 2.75) is 65.2 Å². The lowest BCUT2D eigenvalue weighted by Crippen LogP contribution is -2.31. The summed E-state index contributed by atoms with van der Waals surface area (Å²) in [5.41, 5.74) is -0.162. The molecule has 0 unspecified atom stereocenters. The largest absolute Gasteiger partial charge is 0.381 e. The van der Waals surface area contributed by atoms with Crippen LogP contribution >= 0.6 is 0 Å². The molecule has 0 aromatic carbocycles. The Morgan fingerprint density at radius 2 is 1.10 bits per heavy atom. The number of nitrogens with zero attached hydrogens (tertiary/aromatic N) is 1. The number of carbonyl (C=O) groups excluding carboxylic acids is 2. The summed E-state index contributed by atoms with van der Waals surface area (Å²) in [5.74, 6) is 0.394. The zero-order valence-electron chi connectivity index (χ0n) is 19.4. The predicted octanol–water partition coefficient (Wildman–Crippen LogP) is 2.34. The quantitative estimate of drug-likeness (QED) is 0.330. The third kappa shape index (κ3) is 9.75. The zero-order valence-corrected chi connectivity index (χ0v) is 19.4. The molecule has 0 aromatic heterocycles. The molecule has 2 aliphatic carbocycles. The fourth-order valence-electron chi connectivity index (χ4n) is 3.20. The third-order valence-corrected chi connectivity index (χ3v) is 6.26. The zero-order chi connectivity index (χ0) is 21.9. The van der Waals surface area contributed by atoms with Crippen molar-refractivity contribution in [1.29, 1.82) is 0 Å². The van der Waals surface area contributed by atoms with Crippen molar-refractivity contribution in [1.82, 2.24) is 15.5 Å². The molecule has 0 saturated heterocycles. The van der Waals surface area contributed by atoms with E-state index in [-0.39, 0.29) is 22.6 Å². The number of hydrogen-bond acceptors (Lipinski definition) is 5. The first-order valence-corrected chi connectivity index (χ1v) is 11.8. The van der Waals surface area contributed by atoms with Crippen molar-refractivity contribution in [2.24, 2.45) is 10.8 Å². The van der Waals surface area contributed by atoms with Gasteiger partial charge in [0.1, 0.15) is 0 Å². The van der Waals surface area contributed by atoms with E-state index in [9.17, 15) is 9.59 Å². The van der Waals surface area contributed by atoms with Crippen molar-refractivity contribution in [3.63, 3.8) is 0 Å². The molecule has 2 fully saturated rings. The molecule has 0 aromatic rings. The number of ether oxygens (including phenoxy) is 2. The smallest absolute Gasteiger partial charge is 0.225 e. The van der Waals surface area contributed by atoms with Gasteiger partial charge in [0.15, 0.2) is 0 Å². The van der Waals surface area contributed by atoms with Crippen molar-refractivity contribution in [2.75, 3.05) is 59.7 Å². The van der Waals surface area contributed by atoms with Crippen LogP contribution < -0.4 is 10.6 Å². The molecule has 2 rings (SSSR count). The number of amides is 2. The summed E-state index contributed by atoms with van der Waals surface area (Å²) in [6.45, 7) is 10.4. The lowest BCUT2D eigenvalue weighted by atomic mass is 10.1. The Kier molecular flexibility index (Phi) is 10.6. The molecule has 0 bridgehead atoms. The molecule has 2 N–H and O–H groups in total. The molecule has 0 radical (unpaired) electrons. The van der Waals surface area contributed by atoms with Gasteiger partial charge in [-0.1, -0.05) is 13.8 Å².